The molecule has 0 amide bonds. The molecule has 0 spiro atoms. The van der Waals surface area contributed by atoms with Crippen molar-refractivity contribution in [3.05, 3.63) is 34.6 Å². The largest absolute Gasteiger partial charge is 0.480 e. The van der Waals surface area contributed by atoms with Crippen LogP contribution in [0.1, 0.15) is 11.6 Å². The van der Waals surface area contributed by atoms with E-state index in [0.29, 0.717) is 0 Å². The van der Waals surface area contributed by atoms with E-state index in [1.165, 1.54) is 12.1 Å². The molecule has 0 bridgehead atoms. The molecule has 3 N–H and O–H groups in total. The Balaban J connectivity index is 3.08. The van der Waals surface area contributed by atoms with Crippen LogP contribution in [-0.2, 0) is 4.79 Å². The van der Waals surface area contributed by atoms with E-state index in [1.807, 2.05) is 0 Å². The standard InChI is InChI=1S/C8H7ClFNO2/c9-4-1-2-5(6(10)3-4)7(11)8(12)13/h1-3,7H,11H2,(H,12,13)/t7-/m0/s1. The molecule has 0 saturated heterocycles. The highest BCUT2D eigenvalue weighted by Crippen LogP contribution is 2.19. The lowest BCUT2D eigenvalue weighted by atomic mass is 10.1. The maximum atomic E-state index is 13.0. The second-order valence-electron chi connectivity index (χ2n) is 2.48. The van der Waals surface area contributed by atoms with Gasteiger partial charge < -0.3 is 10.8 Å². The SMILES string of the molecule is N[C@H](C(=O)O)c1ccc(Cl)cc1F. The van der Waals surface area contributed by atoms with E-state index in [9.17, 15) is 9.18 Å². The lowest BCUT2D eigenvalue weighted by Gasteiger charge is -2.07. The lowest BCUT2D eigenvalue weighted by molar-refractivity contribution is -0.138. The van der Waals surface area contributed by atoms with Crippen molar-refractivity contribution in [3.63, 3.8) is 0 Å². The van der Waals surface area contributed by atoms with Crippen molar-refractivity contribution in [2.45, 2.75) is 6.04 Å². The minimum Gasteiger partial charge on any atom is -0.480 e. The van der Waals surface area contributed by atoms with Gasteiger partial charge >= 0.3 is 5.97 Å². The van der Waals surface area contributed by atoms with Crippen molar-refractivity contribution >= 4 is 17.6 Å². The molecule has 1 aromatic carbocycles. The maximum absolute atomic E-state index is 13.0. The molecule has 0 heterocycles. The normalized spacial score (nSPS) is 12.5. The second kappa shape index (κ2) is 3.72. The zero-order valence-electron chi connectivity index (χ0n) is 6.50. The summed E-state index contributed by atoms with van der Waals surface area (Å²) in [6.45, 7) is 0. The zero-order valence-corrected chi connectivity index (χ0v) is 7.25. The van der Waals surface area contributed by atoms with Gasteiger partial charge in [-0.05, 0) is 12.1 Å². The predicted octanol–water partition coefficient (Wildman–Crippen LogP) is 1.56. The quantitative estimate of drug-likeness (QED) is 0.767. The van der Waals surface area contributed by atoms with E-state index in [0.717, 1.165) is 6.07 Å². The minimum absolute atomic E-state index is 0.0723. The number of benzene rings is 1. The molecule has 5 heteroatoms. The number of aliphatic carboxylic acids is 1. The summed E-state index contributed by atoms with van der Waals surface area (Å²) in [5.41, 5.74) is 5.13. The van der Waals surface area contributed by atoms with Crippen molar-refractivity contribution < 1.29 is 14.3 Å². The Hall–Kier alpha value is -1.13. The fourth-order valence-corrected chi connectivity index (χ4v) is 1.05. The number of rotatable bonds is 2. The van der Waals surface area contributed by atoms with Gasteiger partial charge in [0.2, 0.25) is 0 Å². The molecule has 0 aromatic heterocycles. The minimum atomic E-state index is -1.35. The molecular formula is C8H7ClFNO2. The Morgan fingerprint density at radius 3 is 2.69 bits per heavy atom. The Morgan fingerprint density at radius 2 is 2.23 bits per heavy atom. The van der Waals surface area contributed by atoms with Gasteiger partial charge in [-0.2, -0.15) is 0 Å². The monoisotopic (exact) mass is 203 g/mol. The van der Waals surface area contributed by atoms with Crippen LogP contribution in [0.15, 0.2) is 18.2 Å². The third-order valence-corrected chi connectivity index (χ3v) is 1.80. The van der Waals surface area contributed by atoms with E-state index >= 15 is 0 Å². The number of hydrogen-bond donors (Lipinski definition) is 2. The van der Waals surface area contributed by atoms with Gasteiger partial charge in [-0.1, -0.05) is 17.7 Å². The van der Waals surface area contributed by atoms with E-state index < -0.39 is 17.8 Å². The second-order valence-corrected chi connectivity index (χ2v) is 2.92. The van der Waals surface area contributed by atoms with Crippen LogP contribution in [0.5, 0.6) is 0 Å². The molecule has 0 aliphatic rings. The molecule has 3 nitrogen and oxygen atoms in total. The summed E-state index contributed by atoms with van der Waals surface area (Å²) in [6.07, 6.45) is 0. The molecule has 0 fully saturated rings. The van der Waals surface area contributed by atoms with Crippen LogP contribution in [0.3, 0.4) is 0 Å². The number of nitrogens with two attached hydrogens (primary N) is 1. The topological polar surface area (TPSA) is 63.3 Å². The van der Waals surface area contributed by atoms with Crippen LogP contribution in [0.2, 0.25) is 5.02 Å². The van der Waals surface area contributed by atoms with Crippen LogP contribution in [0.25, 0.3) is 0 Å². The average molecular weight is 204 g/mol. The lowest BCUT2D eigenvalue weighted by Crippen LogP contribution is -2.21. The van der Waals surface area contributed by atoms with Crippen molar-refractivity contribution in [1.29, 1.82) is 0 Å². The van der Waals surface area contributed by atoms with Gasteiger partial charge in [0, 0.05) is 10.6 Å². The molecule has 1 aromatic rings. The highest BCUT2D eigenvalue weighted by atomic mass is 35.5. The molecule has 1 rings (SSSR count). The van der Waals surface area contributed by atoms with Gasteiger partial charge in [0.05, 0.1) is 0 Å². The fraction of sp³-hybridized carbons (Fsp3) is 0.125. The molecule has 0 aliphatic heterocycles. The molecule has 0 radical (unpaired) electrons. The highest BCUT2D eigenvalue weighted by molar-refractivity contribution is 6.30. The zero-order chi connectivity index (χ0) is 10.0. The third kappa shape index (κ3) is 2.17. The number of carboxylic acids is 1. The molecule has 70 valence electrons. The van der Waals surface area contributed by atoms with Crippen LogP contribution in [0, 0.1) is 5.82 Å². The van der Waals surface area contributed by atoms with Crippen LogP contribution >= 0.6 is 11.6 Å². The molecule has 0 unspecified atom stereocenters. The van der Waals surface area contributed by atoms with Crippen molar-refractivity contribution in [1.82, 2.24) is 0 Å². The Labute approximate surface area is 78.9 Å². The molecular weight excluding hydrogens is 197 g/mol. The van der Waals surface area contributed by atoms with Crippen LogP contribution in [-0.4, -0.2) is 11.1 Å². The van der Waals surface area contributed by atoms with E-state index in [4.69, 9.17) is 22.4 Å². The number of halogens is 2. The van der Waals surface area contributed by atoms with Crippen molar-refractivity contribution in [3.8, 4) is 0 Å². The summed E-state index contributed by atoms with van der Waals surface area (Å²) in [4.78, 5) is 10.4. The summed E-state index contributed by atoms with van der Waals surface area (Å²) >= 11 is 5.47. The summed E-state index contributed by atoms with van der Waals surface area (Å²) in [5, 5.41) is 8.71. The average Bonchev–Trinajstić information content (AvgIpc) is 2.03. The van der Waals surface area contributed by atoms with Gasteiger partial charge in [0.1, 0.15) is 11.9 Å². The van der Waals surface area contributed by atoms with E-state index in [1.54, 1.807) is 0 Å². The number of carbonyl (C=O) groups is 1. The third-order valence-electron chi connectivity index (χ3n) is 1.56. The van der Waals surface area contributed by atoms with Gasteiger partial charge in [-0.25, -0.2) is 4.39 Å². The maximum Gasteiger partial charge on any atom is 0.325 e. The summed E-state index contributed by atoms with van der Waals surface area (Å²) in [7, 11) is 0. The van der Waals surface area contributed by atoms with E-state index in [2.05, 4.69) is 0 Å². The first-order valence-electron chi connectivity index (χ1n) is 3.45. The Bertz CT molecular complexity index is 343. The van der Waals surface area contributed by atoms with Crippen LogP contribution in [0.4, 0.5) is 4.39 Å². The molecule has 1 atom stereocenters. The number of hydrogen-bond acceptors (Lipinski definition) is 2. The highest BCUT2D eigenvalue weighted by Gasteiger charge is 2.17. The first kappa shape index (κ1) is 9.95. The van der Waals surface area contributed by atoms with Gasteiger partial charge in [-0.15, -0.1) is 0 Å². The summed E-state index contributed by atoms with van der Waals surface area (Å²) in [5.74, 6) is -1.98. The van der Waals surface area contributed by atoms with Gasteiger partial charge in [0.25, 0.3) is 0 Å². The first-order valence-corrected chi connectivity index (χ1v) is 3.83. The Morgan fingerprint density at radius 1 is 1.62 bits per heavy atom. The predicted molar refractivity (Wildman–Crippen MR) is 46.0 cm³/mol. The smallest absolute Gasteiger partial charge is 0.325 e. The number of carboxylic acid groups (broad SMARTS) is 1. The van der Waals surface area contributed by atoms with Gasteiger partial charge in [0.15, 0.2) is 0 Å². The fourth-order valence-electron chi connectivity index (χ4n) is 0.887. The molecule has 0 saturated carbocycles. The van der Waals surface area contributed by atoms with Gasteiger partial charge in [-0.3, -0.25) is 4.79 Å². The molecule has 0 aliphatic carbocycles. The Kier molecular flexibility index (Phi) is 2.85. The first-order chi connectivity index (χ1) is 6.02. The van der Waals surface area contributed by atoms with E-state index in [-0.39, 0.29) is 10.6 Å². The summed E-state index contributed by atoms with van der Waals surface area (Å²) in [6, 6.07) is 2.33. The van der Waals surface area contributed by atoms with Crippen molar-refractivity contribution in [2.24, 2.45) is 5.73 Å². The molecule has 13 heavy (non-hydrogen) atoms. The summed E-state index contributed by atoms with van der Waals surface area (Å²) < 4.78 is 13.0. The van der Waals surface area contributed by atoms with Crippen LogP contribution < -0.4 is 5.73 Å². The van der Waals surface area contributed by atoms with Crippen molar-refractivity contribution in [2.75, 3.05) is 0 Å².